The molecule has 0 bridgehead atoms. The van der Waals surface area contributed by atoms with E-state index in [4.69, 9.17) is 4.74 Å². The Morgan fingerprint density at radius 1 is 1.14 bits per heavy atom. The number of imide groups is 1. The molecule has 2 atom stereocenters. The molecule has 22 heavy (non-hydrogen) atoms. The number of Topliss-reactive ketones (excluding diaryl/α,β-unsaturated/α-hetero) is 1. The van der Waals surface area contributed by atoms with E-state index in [9.17, 15) is 24.6 Å². The highest BCUT2D eigenvalue weighted by atomic mass is 16.5. The summed E-state index contributed by atoms with van der Waals surface area (Å²) in [5.74, 6) is -0.929. The van der Waals surface area contributed by atoms with Gasteiger partial charge in [-0.15, -0.1) is 0 Å². The average Bonchev–Trinajstić information content (AvgIpc) is 2.81. The highest BCUT2D eigenvalue weighted by molar-refractivity contribution is 6.13. The first-order valence-electron chi connectivity index (χ1n) is 7.43. The minimum absolute atomic E-state index is 0.0668. The molecule has 0 aromatic carbocycles. The number of amides is 2. The van der Waals surface area contributed by atoms with Gasteiger partial charge in [-0.2, -0.15) is 0 Å². The average molecular weight is 313 g/mol. The normalized spacial score (nSPS) is 17.1. The topological polar surface area (TPSA) is 104 Å². The number of carbonyl (C=O) groups excluding carboxylic acids is 3. The van der Waals surface area contributed by atoms with E-state index in [1.54, 1.807) is 0 Å². The largest absolute Gasteiger partial charge is 0.391 e. The third-order valence-corrected chi connectivity index (χ3v) is 3.36. The third kappa shape index (κ3) is 6.46. The zero-order valence-electron chi connectivity index (χ0n) is 12.7. The zero-order chi connectivity index (χ0) is 16.5. The maximum Gasteiger partial charge on any atom is 0.253 e. The number of nitrogens with zero attached hydrogens (tertiary/aromatic N) is 1. The van der Waals surface area contributed by atoms with Gasteiger partial charge in [0.2, 0.25) is 0 Å². The lowest BCUT2D eigenvalue weighted by Gasteiger charge is -2.14. The van der Waals surface area contributed by atoms with Crippen LogP contribution in [0.1, 0.15) is 32.6 Å². The summed E-state index contributed by atoms with van der Waals surface area (Å²) in [5.41, 5.74) is 0. The lowest BCUT2D eigenvalue weighted by Crippen LogP contribution is -2.32. The second-order valence-electron chi connectivity index (χ2n) is 5.24. The van der Waals surface area contributed by atoms with E-state index in [1.807, 2.05) is 6.92 Å². The van der Waals surface area contributed by atoms with Gasteiger partial charge in [-0.25, -0.2) is 0 Å². The Balaban J connectivity index is 2.12. The van der Waals surface area contributed by atoms with E-state index in [-0.39, 0.29) is 44.8 Å². The minimum atomic E-state index is -0.773. The SMILES string of the molecule is CCC(O)COCC(O)CCC(=O)CCN1C(=O)C=CC1=O. The van der Waals surface area contributed by atoms with E-state index >= 15 is 0 Å². The van der Waals surface area contributed by atoms with Gasteiger partial charge in [-0.05, 0) is 12.8 Å². The van der Waals surface area contributed by atoms with Crippen LogP contribution in [0, 0.1) is 0 Å². The fourth-order valence-corrected chi connectivity index (χ4v) is 1.88. The number of aliphatic hydroxyl groups is 2. The maximum absolute atomic E-state index is 11.7. The van der Waals surface area contributed by atoms with E-state index in [0.29, 0.717) is 6.42 Å². The van der Waals surface area contributed by atoms with Crippen molar-refractivity contribution in [1.29, 1.82) is 0 Å². The Hall–Kier alpha value is -1.57. The summed E-state index contributed by atoms with van der Waals surface area (Å²) < 4.78 is 5.13. The summed E-state index contributed by atoms with van der Waals surface area (Å²) in [6.07, 6.45) is 2.12. The summed E-state index contributed by atoms with van der Waals surface area (Å²) >= 11 is 0. The van der Waals surface area contributed by atoms with Gasteiger partial charge in [0, 0.05) is 31.5 Å². The number of ether oxygens (including phenoxy) is 1. The minimum Gasteiger partial charge on any atom is -0.391 e. The van der Waals surface area contributed by atoms with E-state index in [1.165, 1.54) is 12.2 Å². The van der Waals surface area contributed by atoms with Crippen molar-refractivity contribution in [2.24, 2.45) is 0 Å². The molecular formula is C15H23NO6. The molecule has 0 aromatic rings. The Morgan fingerprint density at radius 2 is 1.73 bits per heavy atom. The number of hydrogen-bond acceptors (Lipinski definition) is 6. The number of rotatable bonds is 11. The molecule has 0 saturated carbocycles. The van der Waals surface area contributed by atoms with Crippen LogP contribution in [0.5, 0.6) is 0 Å². The molecule has 0 radical (unpaired) electrons. The molecule has 0 fully saturated rings. The van der Waals surface area contributed by atoms with Crippen molar-refractivity contribution < 1.29 is 29.3 Å². The molecule has 2 amide bonds. The first-order valence-corrected chi connectivity index (χ1v) is 7.43. The predicted octanol–water partition coefficient (Wildman–Crippen LogP) is -0.201. The molecule has 0 saturated heterocycles. The van der Waals surface area contributed by atoms with E-state index < -0.39 is 24.0 Å². The summed E-state index contributed by atoms with van der Waals surface area (Å²) in [4.78, 5) is 35.3. The molecule has 2 unspecified atom stereocenters. The summed E-state index contributed by atoms with van der Waals surface area (Å²) in [5, 5.41) is 18.9. The third-order valence-electron chi connectivity index (χ3n) is 3.36. The van der Waals surface area contributed by atoms with Crippen molar-refractivity contribution >= 4 is 17.6 Å². The second-order valence-corrected chi connectivity index (χ2v) is 5.24. The fraction of sp³-hybridized carbons (Fsp3) is 0.667. The maximum atomic E-state index is 11.7. The van der Waals surface area contributed by atoms with Crippen LogP contribution in [0.2, 0.25) is 0 Å². The van der Waals surface area contributed by atoms with Crippen LogP contribution in [0.25, 0.3) is 0 Å². The van der Waals surface area contributed by atoms with Crippen molar-refractivity contribution in [3.8, 4) is 0 Å². The smallest absolute Gasteiger partial charge is 0.253 e. The molecule has 7 heteroatoms. The lowest BCUT2D eigenvalue weighted by atomic mass is 10.1. The predicted molar refractivity (Wildman–Crippen MR) is 77.8 cm³/mol. The highest BCUT2D eigenvalue weighted by Gasteiger charge is 2.23. The van der Waals surface area contributed by atoms with Crippen molar-refractivity contribution in [2.75, 3.05) is 19.8 Å². The molecule has 1 aliphatic rings. The quantitative estimate of drug-likeness (QED) is 0.512. The zero-order valence-corrected chi connectivity index (χ0v) is 12.7. The Bertz CT molecular complexity index is 416. The van der Waals surface area contributed by atoms with Gasteiger partial charge in [0.1, 0.15) is 5.78 Å². The van der Waals surface area contributed by atoms with Crippen LogP contribution >= 0.6 is 0 Å². The molecule has 124 valence electrons. The molecule has 0 aromatic heterocycles. The van der Waals surface area contributed by atoms with Crippen LogP contribution in [-0.2, 0) is 19.1 Å². The van der Waals surface area contributed by atoms with Crippen molar-refractivity contribution in [2.45, 2.75) is 44.8 Å². The monoisotopic (exact) mass is 313 g/mol. The Labute approximate surface area is 129 Å². The molecule has 7 nitrogen and oxygen atoms in total. The summed E-state index contributed by atoms with van der Waals surface area (Å²) in [7, 11) is 0. The van der Waals surface area contributed by atoms with Crippen molar-refractivity contribution in [3.05, 3.63) is 12.2 Å². The molecular weight excluding hydrogens is 290 g/mol. The second kappa shape index (κ2) is 9.45. The van der Waals surface area contributed by atoms with Gasteiger partial charge in [0.25, 0.3) is 11.8 Å². The molecule has 1 heterocycles. The van der Waals surface area contributed by atoms with Crippen LogP contribution in [0.3, 0.4) is 0 Å². The molecule has 1 rings (SSSR count). The van der Waals surface area contributed by atoms with E-state index in [2.05, 4.69) is 0 Å². The molecule has 2 N–H and O–H groups in total. The first-order chi connectivity index (χ1) is 10.4. The van der Waals surface area contributed by atoms with Crippen molar-refractivity contribution in [1.82, 2.24) is 4.90 Å². The van der Waals surface area contributed by atoms with Gasteiger partial charge in [0.15, 0.2) is 0 Å². The number of ketones is 1. The standard InChI is InChI=1S/C15H23NO6/c1-2-11(17)9-22-10-13(19)4-3-12(18)7-8-16-14(20)5-6-15(16)21/h5-6,11,13,17,19H,2-4,7-10H2,1H3. The summed E-state index contributed by atoms with van der Waals surface area (Å²) in [6, 6.07) is 0. The fourth-order valence-electron chi connectivity index (χ4n) is 1.88. The van der Waals surface area contributed by atoms with Gasteiger partial charge in [0.05, 0.1) is 25.4 Å². The van der Waals surface area contributed by atoms with Crippen LogP contribution in [0.15, 0.2) is 12.2 Å². The number of aliphatic hydroxyl groups excluding tert-OH is 2. The lowest BCUT2D eigenvalue weighted by molar-refractivity contribution is -0.137. The Kier molecular flexibility index (Phi) is 7.94. The van der Waals surface area contributed by atoms with Gasteiger partial charge in [-0.3, -0.25) is 19.3 Å². The first kappa shape index (κ1) is 18.5. The summed E-state index contributed by atoms with van der Waals surface area (Å²) in [6.45, 7) is 2.12. The molecule has 0 spiro atoms. The molecule has 1 aliphatic heterocycles. The van der Waals surface area contributed by atoms with E-state index in [0.717, 1.165) is 4.90 Å². The van der Waals surface area contributed by atoms with Gasteiger partial charge in [-0.1, -0.05) is 6.92 Å². The highest BCUT2D eigenvalue weighted by Crippen LogP contribution is 2.07. The number of carbonyl (C=O) groups is 3. The van der Waals surface area contributed by atoms with Gasteiger partial charge >= 0.3 is 0 Å². The number of hydrogen-bond donors (Lipinski definition) is 2. The van der Waals surface area contributed by atoms with Crippen LogP contribution < -0.4 is 0 Å². The van der Waals surface area contributed by atoms with Crippen molar-refractivity contribution in [3.63, 3.8) is 0 Å². The van der Waals surface area contributed by atoms with Crippen LogP contribution in [0.4, 0.5) is 0 Å². The molecule has 0 aliphatic carbocycles. The van der Waals surface area contributed by atoms with Gasteiger partial charge < -0.3 is 14.9 Å². The van der Waals surface area contributed by atoms with Crippen LogP contribution in [-0.4, -0.2) is 64.7 Å². The Morgan fingerprint density at radius 3 is 2.32 bits per heavy atom.